The Bertz CT molecular complexity index is 636. The zero-order valence-electron chi connectivity index (χ0n) is 11.7. The van der Waals surface area contributed by atoms with Crippen molar-refractivity contribution in [2.75, 3.05) is 0 Å². The molecule has 8 heteroatoms. The van der Waals surface area contributed by atoms with Crippen molar-refractivity contribution in [3.63, 3.8) is 0 Å². The van der Waals surface area contributed by atoms with Crippen molar-refractivity contribution >= 4 is 15.7 Å². The maximum absolute atomic E-state index is 12.3. The summed E-state index contributed by atoms with van der Waals surface area (Å²) in [5, 5.41) is 20.1. The first-order chi connectivity index (χ1) is 9.79. The van der Waals surface area contributed by atoms with Crippen molar-refractivity contribution < 1.29 is 18.4 Å². The Hall–Kier alpha value is -1.67. The summed E-state index contributed by atoms with van der Waals surface area (Å²) in [5.41, 5.74) is -0.616. The molecule has 7 nitrogen and oxygen atoms in total. The van der Waals surface area contributed by atoms with Crippen LogP contribution in [0.3, 0.4) is 0 Å². The molecule has 1 aliphatic rings. The monoisotopic (exact) mass is 314 g/mol. The average Bonchev–Trinajstić information content (AvgIpc) is 2.41. The minimum atomic E-state index is -3.82. The smallest absolute Gasteiger partial charge is 0.312 e. The van der Waals surface area contributed by atoms with E-state index in [-0.39, 0.29) is 10.9 Å². The fourth-order valence-electron chi connectivity index (χ4n) is 2.48. The maximum atomic E-state index is 12.3. The van der Waals surface area contributed by atoms with Crippen LogP contribution < -0.4 is 4.72 Å². The van der Waals surface area contributed by atoms with Crippen LogP contribution in [0.25, 0.3) is 0 Å². The third-order valence-corrected chi connectivity index (χ3v) is 5.31. The molecule has 0 atom stereocenters. The summed E-state index contributed by atoms with van der Waals surface area (Å²) in [6.45, 7) is 2.13. The van der Waals surface area contributed by atoms with Gasteiger partial charge in [0.05, 0.1) is 9.82 Å². The molecule has 1 aromatic rings. The lowest BCUT2D eigenvalue weighted by molar-refractivity contribution is -0.386. The van der Waals surface area contributed by atoms with Gasteiger partial charge in [-0.15, -0.1) is 0 Å². The second kappa shape index (κ2) is 5.98. The van der Waals surface area contributed by atoms with Crippen molar-refractivity contribution in [3.8, 4) is 5.75 Å². The number of nitro benzene ring substituents is 1. The van der Waals surface area contributed by atoms with E-state index >= 15 is 0 Å². The zero-order valence-corrected chi connectivity index (χ0v) is 12.5. The molecule has 1 aliphatic carbocycles. The molecular formula is C13H18N2O5S. The largest absolute Gasteiger partial charge is 0.502 e. The highest BCUT2D eigenvalue weighted by Crippen LogP contribution is 2.29. The lowest BCUT2D eigenvalue weighted by Crippen LogP contribution is -2.37. The van der Waals surface area contributed by atoms with E-state index in [9.17, 15) is 23.6 Å². The molecule has 0 aliphatic heterocycles. The molecule has 2 rings (SSSR count). The first kappa shape index (κ1) is 15.7. The van der Waals surface area contributed by atoms with Crippen LogP contribution in [0.15, 0.2) is 23.1 Å². The minimum absolute atomic E-state index is 0.140. The summed E-state index contributed by atoms with van der Waals surface area (Å²) < 4.78 is 27.1. The number of hydrogen-bond donors (Lipinski definition) is 2. The molecule has 116 valence electrons. The van der Waals surface area contributed by atoms with Crippen LogP contribution in [0, 0.1) is 16.0 Å². The average molecular weight is 314 g/mol. The van der Waals surface area contributed by atoms with Gasteiger partial charge in [0.1, 0.15) is 0 Å². The molecule has 0 bridgehead atoms. The summed E-state index contributed by atoms with van der Waals surface area (Å²) in [5.74, 6) is 0.0472. The number of aromatic hydroxyl groups is 1. The molecule has 0 spiro atoms. The van der Waals surface area contributed by atoms with Crippen molar-refractivity contribution in [3.05, 3.63) is 28.3 Å². The Morgan fingerprint density at radius 2 is 1.90 bits per heavy atom. The predicted molar refractivity (Wildman–Crippen MR) is 76.5 cm³/mol. The predicted octanol–water partition coefficient (Wildman–Crippen LogP) is 2.16. The molecule has 1 saturated carbocycles. The van der Waals surface area contributed by atoms with Crippen LogP contribution >= 0.6 is 0 Å². The van der Waals surface area contributed by atoms with Crippen molar-refractivity contribution in [1.29, 1.82) is 0 Å². The van der Waals surface area contributed by atoms with Crippen LogP contribution in [0.1, 0.15) is 32.6 Å². The van der Waals surface area contributed by atoms with Gasteiger partial charge in [0.2, 0.25) is 10.0 Å². The summed E-state index contributed by atoms with van der Waals surface area (Å²) in [6.07, 6.45) is 3.45. The number of benzene rings is 1. The number of nitrogens with one attached hydrogen (secondary N) is 1. The molecule has 21 heavy (non-hydrogen) atoms. The number of hydrogen-bond acceptors (Lipinski definition) is 5. The Kier molecular flexibility index (Phi) is 4.48. The number of sulfonamides is 1. The molecule has 2 N–H and O–H groups in total. The van der Waals surface area contributed by atoms with E-state index in [4.69, 9.17) is 0 Å². The molecule has 0 radical (unpaired) electrons. The van der Waals surface area contributed by atoms with Gasteiger partial charge in [-0.3, -0.25) is 10.1 Å². The van der Waals surface area contributed by atoms with Crippen LogP contribution in [-0.4, -0.2) is 24.5 Å². The summed E-state index contributed by atoms with van der Waals surface area (Å²) in [4.78, 5) is 9.75. The second-order valence-corrected chi connectivity index (χ2v) is 7.20. The molecular weight excluding hydrogens is 296 g/mol. The van der Waals surface area contributed by atoms with Gasteiger partial charge in [-0.2, -0.15) is 0 Å². The first-order valence-electron chi connectivity index (χ1n) is 6.79. The highest BCUT2D eigenvalue weighted by molar-refractivity contribution is 7.89. The SMILES string of the molecule is CC1CCC(NS(=O)(=O)c2ccc(O)c([N+](=O)[O-])c2)CC1. The standard InChI is InChI=1S/C13H18N2O5S/c1-9-2-4-10(5-3-9)14-21(19,20)11-6-7-13(16)12(8-11)15(17)18/h6-10,14,16H,2-5H2,1H3. The maximum Gasteiger partial charge on any atom is 0.312 e. The molecule has 0 heterocycles. The van der Waals surface area contributed by atoms with Gasteiger partial charge in [0, 0.05) is 12.1 Å². The fourth-order valence-corrected chi connectivity index (χ4v) is 3.81. The number of nitrogens with zero attached hydrogens (tertiary/aromatic N) is 1. The Morgan fingerprint density at radius 1 is 1.29 bits per heavy atom. The summed E-state index contributed by atoms with van der Waals surface area (Å²) in [6, 6.07) is 2.92. The first-order valence-corrected chi connectivity index (χ1v) is 8.27. The molecule has 1 fully saturated rings. The number of rotatable bonds is 4. The van der Waals surface area contributed by atoms with Gasteiger partial charge < -0.3 is 5.11 Å². The number of nitro groups is 1. The molecule has 0 saturated heterocycles. The van der Waals surface area contributed by atoms with E-state index in [1.807, 2.05) is 0 Å². The van der Waals surface area contributed by atoms with E-state index in [0.29, 0.717) is 5.92 Å². The summed E-state index contributed by atoms with van der Waals surface area (Å²) >= 11 is 0. The second-order valence-electron chi connectivity index (χ2n) is 5.49. The highest BCUT2D eigenvalue weighted by Gasteiger charge is 2.26. The normalized spacial score (nSPS) is 22.9. The van der Waals surface area contributed by atoms with E-state index in [0.717, 1.165) is 43.9 Å². The van der Waals surface area contributed by atoms with E-state index in [1.54, 1.807) is 0 Å². The van der Waals surface area contributed by atoms with Crippen molar-refractivity contribution in [1.82, 2.24) is 4.72 Å². The Morgan fingerprint density at radius 3 is 2.48 bits per heavy atom. The Balaban J connectivity index is 2.20. The quantitative estimate of drug-likeness (QED) is 0.653. The zero-order chi connectivity index (χ0) is 15.6. The lowest BCUT2D eigenvalue weighted by Gasteiger charge is -2.26. The molecule has 1 aromatic carbocycles. The van der Waals surface area contributed by atoms with Gasteiger partial charge >= 0.3 is 5.69 Å². The van der Waals surface area contributed by atoms with E-state index < -0.39 is 26.4 Å². The summed E-state index contributed by atoms with van der Waals surface area (Å²) in [7, 11) is -3.82. The number of phenols is 1. The molecule has 0 unspecified atom stereocenters. The van der Waals surface area contributed by atoms with Crippen molar-refractivity contribution in [2.45, 2.75) is 43.5 Å². The van der Waals surface area contributed by atoms with Gasteiger partial charge in [-0.25, -0.2) is 13.1 Å². The minimum Gasteiger partial charge on any atom is -0.502 e. The van der Waals surface area contributed by atoms with Gasteiger partial charge in [-0.1, -0.05) is 6.92 Å². The molecule has 0 aromatic heterocycles. The van der Waals surface area contributed by atoms with Crippen molar-refractivity contribution in [2.24, 2.45) is 5.92 Å². The lowest BCUT2D eigenvalue weighted by atomic mass is 9.88. The highest BCUT2D eigenvalue weighted by atomic mass is 32.2. The third-order valence-electron chi connectivity index (χ3n) is 3.79. The topological polar surface area (TPSA) is 110 Å². The van der Waals surface area contributed by atoms with E-state index in [1.165, 1.54) is 0 Å². The van der Waals surface area contributed by atoms with Gasteiger partial charge in [0.25, 0.3) is 0 Å². The van der Waals surface area contributed by atoms with Crippen LogP contribution in [0.2, 0.25) is 0 Å². The van der Waals surface area contributed by atoms with Crippen LogP contribution in [0.5, 0.6) is 5.75 Å². The third kappa shape index (κ3) is 3.70. The fraction of sp³-hybridized carbons (Fsp3) is 0.538. The van der Waals surface area contributed by atoms with Gasteiger partial charge in [-0.05, 0) is 43.7 Å². The Labute approximate surface area is 123 Å². The molecule has 0 amide bonds. The van der Waals surface area contributed by atoms with Crippen LogP contribution in [0.4, 0.5) is 5.69 Å². The van der Waals surface area contributed by atoms with Gasteiger partial charge in [0.15, 0.2) is 5.75 Å². The number of phenolic OH excluding ortho intramolecular Hbond substituents is 1. The van der Waals surface area contributed by atoms with Crippen LogP contribution in [-0.2, 0) is 10.0 Å². The van der Waals surface area contributed by atoms with E-state index in [2.05, 4.69) is 11.6 Å².